The van der Waals surface area contributed by atoms with Crippen molar-refractivity contribution in [1.29, 1.82) is 0 Å². The van der Waals surface area contributed by atoms with Gasteiger partial charge in [0, 0.05) is 25.5 Å². The zero-order valence-electron chi connectivity index (χ0n) is 12.0. The van der Waals surface area contributed by atoms with Gasteiger partial charge in [0.2, 0.25) is 11.9 Å². The molecule has 1 aromatic heterocycles. The van der Waals surface area contributed by atoms with Gasteiger partial charge in [-0.15, -0.1) is 0 Å². The van der Waals surface area contributed by atoms with Crippen molar-refractivity contribution in [2.75, 3.05) is 18.0 Å². The number of carboxylic acid groups (broad SMARTS) is 1. The predicted octanol–water partition coefficient (Wildman–Crippen LogP) is 0.672. The number of amides is 1. The maximum atomic E-state index is 12.3. The van der Waals surface area contributed by atoms with Crippen LogP contribution >= 0.6 is 0 Å². The van der Waals surface area contributed by atoms with Crippen LogP contribution in [0, 0.1) is 5.92 Å². The van der Waals surface area contributed by atoms with E-state index in [1.807, 2.05) is 4.90 Å². The van der Waals surface area contributed by atoms with E-state index in [2.05, 4.69) is 15.3 Å². The summed E-state index contributed by atoms with van der Waals surface area (Å²) < 4.78 is 0. The second kappa shape index (κ2) is 7.01. The summed E-state index contributed by atoms with van der Waals surface area (Å²) in [7, 11) is 0. The van der Waals surface area contributed by atoms with Gasteiger partial charge >= 0.3 is 5.97 Å². The molecular weight excluding hydrogens is 272 g/mol. The van der Waals surface area contributed by atoms with Gasteiger partial charge in [-0.05, 0) is 25.3 Å². The Hall–Kier alpha value is -2.18. The van der Waals surface area contributed by atoms with Crippen molar-refractivity contribution < 1.29 is 14.7 Å². The Balaban J connectivity index is 1.97. The third-order valence-electron chi connectivity index (χ3n) is 3.73. The van der Waals surface area contributed by atoms with E-state index in [1.54, 1.807) is 25.4 Å². The zero-order chi connectivity index (χ0) is 15.2. The maximum absolute atomic E-state index is 12.3. The first kappa shape index (κ1) is 15.2. The molecule has 2 unspecified atom stereocenters. The van der Waals surface area contributed by atoms with Crippen LogP contribution < -0.4 is 10.2 Å². The molecular formula is C14H20N4O3. The van der Waals surface area contributed by atoms with Crippen LogP contribution in [0.2, 0.25) is 0 Å². The van der Waals surface area contributed by atoms with E-state index in [0.29, 0.717) is 12.4 Å². The fourth-order valence-electron chi connectivity index (χ4n) is 2.47. The predicted molar refractivity (Wildman–Crippen MR) is 76.8 cm³/mol. The van der Waals surface area contributed by atoms with Gasteiger partial charge < -0.3 is 15.3 Å². The molecule has 21 heavy (non-hydrogen) atoms. The lowest BCUT2D eigenvalue weighted by molar-refractivity contribution is -0.141. The average Bonchev–Trinajstić information content (AvgIpc) is 2.97. The smallest absolute Gasteiger partial charge is 0.308 e. The number of hydrogen-bond acceptors (Lipinski definition) is 5. The standard InChI is InChI=1S/C14H20N4O3/c1-2-10(13(20)21)9-17-12(19)11-5-3-8-18(11)14-15-6-4-7-16-14/h4,6-7,10-11H,2-3,5,8-9H2,1H3,(H,17,19)(H,20,21). The third kappa shape index (κ3) is 3.68. The summed E-state index contributed by atoms with van der Waals surface area (Å²) in [6, 6.07) is 1.41. The largest absolute Gasteiger partial charge is 0.481 e. The molecule has 2 heterocycles. The van der Waals surface area contributed by atoms with Gasteiger partial charge in [0.15, 0.2) is 0 Å². The molecule has 1 aromatic rings. The van der Waals surface area contributed by atoms with Crippen molar-refractivity contribution in [2.24, 2.45) is 5.92 Å². The number of aromatic nitrogens is 2. The van der Waals surface area contributed by atoms with Crippen molar-refractivity contribution in [2.45, 2.75) is 32.2 Å². The van der Waals surface area contributed by atoms with Crippen molar-refractivity contribution >= 4 is 17.8 Å². The Labute approximate surface area is 123 Å². The van der Waals surface area contributed by atoms with Crippen LogP contribution in [0.15, 0.2) is 18.5 Å². The number of rotatable bonds is 6. The summed E-state index contributed by atoms with van der Waals surface area (Å²) in [5, 5.41) is 11.7. The number of carboxylic acids is 1. The zero-order valence-corrected chi connectivity index (χ0v) is 12.0. The van der Waals surface area contributed by atoms with E-state index in [4.69, 9.17) is 5.11 Å². The first-order chi connectivity index (χ1) is 10.1. The first-order valence-electron chi connectivity index (χ1n) is 7.17. The molecule has 114 valence electrons. The summed E-state index contributed by atoms with van der Waals surface area (Å²) in [4.78, 5) is 33.5. The van der Waals surface area contributed by atoms with Crippen molar-refractivity contribution in [3.05, 3.63) is 18.5 Å². The molecule has 1 fully saturated rings. The van der Waals surface area contributed by atoms with Crippen LogP contribution in [0.1, 0.15) is 26.2 Å². The van der Waals surface area contributed by atoms with Gasteiger partial charge in [0.25, 0.3) is 0 Å². The number of carbonyl (C=O) groups is 2. The van der Waals surface area contributed by atoms with E-state index in [1.165, 1.54) is 0 Å². The van der Waals surface area contributed by atoms with Crippen LogP contribution in [0.5, 0.6) is 0 Å². The Bertz CT molecular complexity index is 494. The number of hydrogen-bond donors (Lipinski definition) is 2. The highest BCUT2D eigenvalue weighted by Gasteiger charge is 2.32. The summed E-state index contributed by atoms with van der Waals surface area (Å²) in [6.07, 6.45) is 5.41. The molecule has 1 aliphatic rings. The normalized spacial score (nSPS) is 19.3. The fraction of sp³-hybridized carbons (Fsp3) is 0.571. The highest BCUT2D eigenvalue weighted by Crippen LogP contribution is 2.21. The summed E-state index contributed by atoms with van der Waals surface area (Å²) in [6.45, 7) is 2.69. The highest BCUT2D eigenvalue weighted by molar-refractivity contribution is 5.85. The van der Waals surface area contributed by atoms with Crippen LogP contribution in [-0.2, 0) is 9.59 Å². The Morgan fingerprint density at radius 3 is 2.81 bits per heavy atom. The van der Waals surface area contributed by atoms with Crippen LogP contribution in [0.3, 0.4) is 0 Å². The van der Waals surface area contributed by atoms with Crippen molar-refractivity contribution in [3.63, 3.8) is 0 Å². The molecule has 0 radical (unpaired) electrons. The Kier molecular flexibility index (Phi) is 5.08. The SMILES string of the molecule is CCC(CNC(=O)C1CCCN1c1ncccn1)C(=O)O. The molecule has 0 aromatic carbocycles. The first-order valence-corrected chi connectivity index (χ1v) is 7.17. The molecule has 7 nitrogen and oxygen atoms in total. The van der Waals surface area contributed by atoms with Crippen molar-refractivity contribution in [1.82, 2.24) is 15.3 Å². The van der Waals surface area contributed by atoms with Gasteiger partial charge in [-0.3, -0.25) is 9.59 Å². The third-order valence-corrected chi connectivity index (χ3v) is 3.73. The lowest BCUT2D eigenvalue weighted by atomic mass is 10.1. The molecule has 1 saturated heterocycles. The van der Waals surface area contributed by atoms with E-state index >= 15 is 0 Å². The van der Waals surface area contributed by atoms with Gasteiger partial charge in [-0.25, -0.2) is 9.97 Å². The molecule has 2 atom stereocenters. The van der Waals surface area contributed by atoms with Crippen molar-refractivity contribution in [3.8, 4) is 0 Å². The van der Waals surface area contributed by atoms with E-state index < -0.39 is 11.9 Å². The molecule has 1 aliphatic heterocycles. The van der Waals surface area contributed by atoms with Gasteiger partial charge in [-0.1, -0.05) is 6.92 Å². The minimum absolute atomic E-state index is 0.153. The highest BCUT2D eigenvalue weighted by atomic mass is 16.4. The fourth-order valence-corrected chi connectivity index (χ4v) is 2.47. The molecule has 0 aliphatic carbocycles. The summed E-state index contributed by atoms with van der Waals surface area (Å²) in [5.74, 6) is -1.04. The number of nitrogens with zero attached hydrogens (tertiary/aromatic N) is 3. The number of aliphatic carboxylic acids is 1. The van der Waals surface area contributed by atoms with Gasteiger partial charge in [-0.2, -0.15) is 0 Å². The van der Waals surface area contributed by atoms with Crippen LogP contribution in [0.4, 0.5) is 5.95 Å². The minimum atomic E-state index is -0.882. The number of carbonyl (C=O) groups excluding carboxylic acids is 1. The van der Waals surface area contributed by atoms with E-state index in [-0.39, 0.29) is 18.5 Å². The molecule has 1 amide bonds. The quantitative estimate of drug-likeness (QED) is 0.800. The monoisotopic (exact) mass is 292 g/mol. The van der Waals surface area contributed by atoms with E-state index in [0.717, 1.165) is 19.4 Å². The van der Waals surface area contributed by atoms with Gasteiger partial charge in [0.05, 0.1) is 5.92 Å². The van der Waals surface area contributed by atoms with Gasteiger partial charge in [0.1, 0.15) is 6.04 Å². The second-order valence-electron chi connectivity index (χ2n) is 5.09. The lowest BCUT2D eigenvalue weighted by Gasteiger charge is -2.24. The number of anilines is 1. The molecule has 0 spiro atoms. The van der Waals surface area contributed by atoms with Crippen LogP contribution in [-0.4, -0.2) is 46.1 Å². The van der Waals surface area contributed by atoms with E-state index in [9.17, 15) is 9.59 Å². The summed E-state index contributed by atoms with van der Waals surface area (Å²) in [5.41, 5.74) is 0. The molecule has 7 heteroatoms. The molecule has 0 saturated carbocycles. The Morgan fingerprint density at radius 2 is 2.19 bits per heavy atom. The minimum Gasteiger partial charge on any atom is -0.481 e. The average molecular weight is 292 g/mol. The van der Waals surface area contributed by atoms with Crippen LogP contribution in [0.25, 0.3) is 0 Å². The molecule has 0 bridgehead atoms. The Morgan fingerprint density at radius 1 is 1.48 bits per heavy atom. The maximum Gasteiger partial charge on any atom is 0.308 e. The molecule has 2 rings (SSSR count). The second-order valence-corrected chi connectivity index (χ2v) is 5.09. The summed E-state index contributed by atoms with van der Waals surface area (Å²) >= 11 is 0. The topological polar surface area (TPSA) is 95.4 Å². The lowest BCUT2D eigenvalue weighted by Crippen LogP contribution is -2.46. The number of nitrogens with one attached hydrogen (secondary N) is 1. The molecule has 2 N–H and O–H groups in total.